The Labute approximate surface area is 225 Å². The molecule has 2 aromatic heterocycles. The number of esters is 1. The summed E-state index contributed by atoms with van der Waals surface area (Å²) in [5.41, 5.74) is 1.22. The molecule has 0 amide bonds. The van der Waals surface area contributed by atoms with Crippen LogP contribution in [0.1, 0.15) is 5.69 Å². The average molecular weight is 563 g/mol. The maximum atomic E-state index is 13.0. The van der Waals surface area contributed by atoms with Crippen LogP contribution in [0.2, 0.25) is 0 Å². The molecule has 12 nitrogen and oxygen atoms in total. The number of aliphatic hydroxyl groups is 1. The van der Waals surface area contributed by atoms with Crippen LogP contribution in [0.4, 0.5) is 25.1 Å². The summed E-state index contributed by atoms with van der Waals surface area (Å²) in [5.74, 6) is -2.05. The second kappa shape index (κ2) is 12.1. The molecule has 0 unspecified atom stereocenters. The van der Waals surface area contributed by atoms with E-state index in [0.29, 0.717) is 41.2 Å². The van der Waals surface area contributed by atoms with E-state index in [1.54, 1.807) is 25.1 Å². The molecule has 2 heterocycles. The number of nitrogens with zero attached hydrogens (tertiary/aromatic N) is 4. The number of halogens is 3. The third-order valence-electron chi connectivity index (χ3n) is 5.50. The molecule has 0 saturated carbocycles. The predicted molar refractivity (Wildman–Crippen MR) is 137 cm³/mol. The number of hydrogen-bond acceptors (Lipinski definition) is 12. The molecule has 0 bridgehead atoms. The number of aromatic nitrogens is 4. The second-order valence-corrected chi connectivity index (χ2v) is 8.22. The molecule has 0 radical (unpaired) electrons. The van der Waals surface area contributed by atoms with Gasteiger partial charge in [0.1, 0.15) is 12.4 Å². The molecule has 40 heavy (non-hydrogen) atoms. The van der Waals surface area contributed by atoms with Gasteiger partial charge in [-0.1, -0.05) is 0 Å². The Morgan fingerprint density at radius 2 is 1.62 bits per heavy atom. The molecule has 15 heteroatoms. The first kappa shape index (κ1) is 28.5. The summed E-state index contributed by atoms with van der Waals surface area (Å²) in [6.07, 6.45) is -5.25. The maximum Gasteiger partial charge on any atom is 0.491 e. The van der Waals surface area contributed by atoms with Crippen molar-refractivity contribution in [3.8, 4) is 23.1 Å². The number of anilines is 2. The summed E-state index contributed by atoms with van der Waals surface area (Å²) < 4.78 is 59.9. The molecule has 2 aromatic carbocycles. The van der Waals surface area contributed by atoms with Gasteiger partial charge in [-0.25, -0.2) is 19.7 Å². The van der Waals surface area contributed by atoms with Crippen molar-refractivity contribution in [3.63, 3.8) is 0 Å². The number of nitrogens with one attached hydrogen (secondary N) is 2. The first-order valence-electron chi connectivity index (χ1n) is 11.9. The van der Waals surface area contributed by atoms with Crippen molar-refractivity contribution in [3.05, 3.63) is 36.0 Å². The maximum absolute atomic E-state index is 13.0. The molecular formula is C25H25F3N6O6. The van der Waals surface area contributed by atoms with Gasteiger partial charge >= 0.3 is 12.1 Å². The van der Waals surface area contributed by atoms with Crippen molar-refractivity contribution in [2.24, 2.45) is 0 Å². The van der Waals surface area contributed by atoms with E-state index in [-0.39, 0.29) is 41.8 Å². The van der Waals surface area contributed by atoms with Crippen molar-refractivity contribution in [2.45, 2.75) is 13.1 Å². The van der Waals surface area contributed by atoms with Gasteiger partial charge in [-0.3, -0.25) is 5.32 Å². The van der Waals surface area contributed by atoms with Gasteiger partial charge < -0.3 is 29.4 Å². The first-order valence-corrected chi connectivity index (χ1v) is 11.9. The monoisotopic (exact) mass is 562 g/mol. The van der Waals surface area contributed by atoms with Crippen LogP contribution in [0.25, 0.3) is 21.8 Å². The molecular weight excluding hydrogens is 537 g/mol. The molecule has 4 rings (SSSR count). The number of rotatable bonds is 11. The lowest BCUT2D eigenvalue weighted by Gasteiger charge is -2.13. The van der Waals surface area contributed by atoms with E-state index < -0.39 is 18.0 Å². The molecule has 0 fully saturated rings. The highest BCUT2D eigenvalue weighted by molar-refractivity contribution is 5.90. The Balaban J connectivity index is 1.69. The minimum atomic E-state index is -5.25. The summed E-state index contributed by atoms with van der Waals surface area (Å²) in [7, 11) is 2.98. The fourth-order valence-electron chi connectivity index (χ4n) is 3.66. The Kier molecular flexibility index (Phi) is 8.64. The van der Waals surface area contributed by atoms with Crippen LogP contribution in [0.3, 0.4) is 0 Å². The predicted octanol–water partition coefficient (Wildman–Crippen LogP) is 3.07. The number of aliphatic hydroxyl groups excluding tert-OH is 1. The van der Waals surface area contributed by atoms with Gasteiger partial charge in [-0.15, -0.1) is 0 Å². The van der Waals surface area contributed by atoms with E-state index in [9.17, 15) is 18.0 Å². The second-order valence-electron chi connectivity index (χ2n) is 8.22. The topological polar surface area (TPSA) is 150 Å². The van der Waals surface area contributed by atoms with Gasteiger partial charge in [0.05, 0.1) is 42.9 Å². The third kappa shape index (κ3) is 6.55. The fraction of sp³-hybridized carbons (Fsp3) is 0.320. The molecule has 212 valence electrons. The smallest absolute Gasteiger partial charge is 0.491 e. The van der Waals surface area contributed by atoms with E-state index in [2.05, 4.69) is 35.3 Å². The number of benzene rings is 2. The largest absolute Gasteiger partial charge is 0.493 e. The highest BCUT2D eigenvalue weighted by Gasteiger charge is 2.42. The lowest BCUT2D eigenvalue weighted by Crippen LogP contribution is -2.28. The summed E-state index contributed by atoms with van der Waals surface area (Å²) in [4.78, 5) is 28.8. The summed E-state index contributed by atoms with van der Waals surface area (Å²) in [6.45, 7) is 2.70. The van der Waals surface area contributed by atoms with Crippen molar-refractivity contribution in [1.29, 1.82) is 0 Å². The van der Waals surface area contributed by atoms with Crippen molar-refractivity contribution in [2.75, 3.05) is 45.8 Å². The Hall–Kier alpha value is -4.50. The number of hydrogen-bond donors (Lipinski definition) is 3. The van der Waals surface area contributed by atoms with Gasteiger partial charge in [-0.2, -0.15) is 18.2 Å². The van der Waals surface area contributed by atoms with Gasteiger partial charge in [0.25, 0.3) is 0 Å². The van der Waals surface area contributed by atoms with Crippen LogP contribution in [0.5, 0.6) is 23.1 Å². The number of methoxy groups -OCH3 is 2. The van der Waals surface area contributed by atoms with Crippen LogP contribution in [-0.4, -0.2) is 77.7 Å². The molecule has 0 aliphatic carbocycles. The van der Waals surface area contributed by atoms with Crippen molar-refractivity contribution in [1.82, 2.24) is 25.3 Å². The number of carbonyl (C=O) groups is 1. The lowest BCUT2D eigenvalue weighted by molar-refractivity contribution is -0.189. The Morgan fingerprint density at radius 3 is 2.33 bits per heavy atom. The highest BCUT2D eigenvalue weighted by Crippen LogP contribution is 2.34. The summed E-state index contributed by atoms with van der Waals surface area (Å²) >= 11 is 0. The van der Waals surface area contributed by atoms with Crippen molar-refractivity contribution < 1.29 is 42.0 Å². The quantitative estimate of drug-likeness (QED) is 0.182. The zero-order valence-corrected chi connectivity index (χ0v) is 21.6. The summed E-state index contributed by atoms with van der Waals surface area (Å²) in [6, 6.07) is 7.76. The van der Waals surface area contributed by atoms with Crippen LogP contribution in [0.15, 0.2) is 30.3 Å². The van der Waals surface area contributed by atoms with Crippen LogP contribution < -0.4 is 29.6 Å². The Bertz CT molecular complexity index is 1540. The third-order valence-corrected chi connectivity index (χ3v) is 5.50. The van der Waals surface area contributed by atoms with Gasteiger partial charge in [0.2, 0.25) is 17.8 Å². The zero-order chi connectivity index (χ0) is 28.9. The standard InChI is InChI=1S/C25H25F3N6O6/c1-13-15-11-19(37-2)20(38-3)12-18(15)32-23(30-13)34-24-31-17-5-4-14(39-9-7-29-6-8-35)10-16(17)21(33-24)40-22(36)25(26,27)28/h4-5,10-12,29,35H,6-9H2,1-3H3,(H,30,31,32,33,34). The number of aryl methyl sites for hydroxylation is 1. The van der Waals surface area contributed by atoms with Gasteiger partial charge in [0.15, 0.2) is 11.5 Å². The van der Waals surface area contributed by atoms with Gasteiger partial charge in [0, 0.05) is 24.5 Å². The number of alkyl halides is 3. The van der Waals surface area contributed by atoms with E-state index in [0.717, 1.165) is 0 Å². The average Bonchev–Trinajstić information content (AvgIpc) is 2.92. The number of ether oxygens (including phenoxy) is 4. The minimum Gasteiger partial charge on any atom is -0.493 e. The molecule has 0 aliphatic heterocycles. The van der Waals surface area contributed by atoms with E-state index in [4.69, 9.17) is 19.3 Å². The SMILES string of the molecule is COc1cc2nc(Nc3nc(OC(=O)C(F)(F)F)c4cc(OCCNCCO)ccc4n3)nc(C)c2cc1OC. The molecule has 4 aromatic rings. The molecule has 0 saturated heterocycles. The van der Waals surface area contributed by atoms with Crippen LogP contribution in [-0.2, 0) is 4.79 Å². The van der Waals surface area contributed by atoms with E-state index in [1.165, 1.54) is 26.4 Å². The van der Waals surface area contributed by atoms with Crippen molar-refractivity contribution >= 4 is 39.7 Å². The molecule has 3 N–H and O–H groups in total. The normalized spacial score (nSPS) is 11.5. The van der Waals surface area contributed by atoms with Gasteiger partial charge in [-0.05, 0) is 31.2 Å². The lowest BCUT2D eigenvalue weighted by atomic mass is 10.1. The van der Waals surface area contributed by atoms with Crippen LogP contribution in [0, 0.1) is 6.92 Å². The molecule has 0 aliphatic rings. The zero-order valence-electron chi connectivity index (χ0n) is 21.6. The molecule has 0 spiro atoms. The van der Waals surface area contributed by atoms with Crippen LogP contribution >= 0.6 is 0 Å². The number of fused-ring (bicyclic) bond motifs is 2. The highest BCUT2D eigenvalue weighted by atomic mass is 19.4. The fourth-order valence-corrected chi connectivity index (χ4v) is 3.66. The Morgan fingerprint density at radius 1 is 0.925 bits per heavy atom. The first-order chi connectivity index (χ1) is 19.1. The minimum absolute atomic E-state index is 0.0106. The van der Waals surface area contributed by atoms with E-state index in [1.807, 2.05) is 0 Å². The van der Waals surface area contributed by atoms with E-state index >= 15 is 0 Å². The summed E-state index contributed by atoms with van der Waals surface area (Å²) in [5, 5.41) is 15.2. The number of carbonyl (C=O) groups excluding carboxylic acids is 1. The molecule has 0 atom stereocenters.